The van der Waals surface area contributed by atoms with Gasteiger partial charge in [-0.3, -0.25) is 4.99 Å². The van der Waals surface area contributed by atoms with Crippen molar-refractivity contribution in [2.75, 3.05) is 14.2 Å². The molecule has 0 amide bonds. The van der Waals surface area contributed by atoms with Crippen molar-refractivity contribution in [1.29, 1.82) is 0 Å². The zero-order chi connectivity index (χ0) is 20.6. The quantitative estimate of drug-likeness (QED) is 0.454. The van der Waals surface area contributed by atoms with E-state index in [1.165, 1.54) is 4.88 Å². The predicted octanol–water partition coefficient (Wildman–Crippen LogP) is 3.82. The van der Waals surface area contributed by atoms with Crippen molar-refractivity contribution in [2.45, 2.75) is 26.9 Å². The third-order valence-electron chi connectivity index (χ3n) is 4.24. The summed E-state index contributed by atoms with van der Waals surface area (Å²) in [7, 11) is 3.38. The number of pyridine rings is 1. The Morgan fingerprint density at radius 2 is 1.76 bits per heavy atom. The zero-order valence-electron chi connectivity index (χ0n) is 17.0. The molecule has 0 atom stereocenters. The molecule has 0 aliphatic heterocycles. The number of thiazole rings is 1. The molecule has 152 valence electrons. The Bertz CT molecular complexity index is 933. The molecule has 1 aromatic carbocycles. The van der Waals surface area contributed by atoms with Crippen LogP contribution in [0.5, 0.6) is 17.4 Å². The fraction of sp³-hybridized carbons (Fsp3) is 0.286. The number of methoxy groups -OCH3 is 1. The van der Waals surface area contributed by atoms with E-state index in [9.17, 15) is 0 Å². The third-order valence-corrected chi connectivity index (χ3v) is 5.32. The van der Waals surface area contributed by atoms with E-state index in [1.54, 1.807) is 31.7 Å². The molecule has 0 unspecified atom stereocenters. The van der Waals surface area contributed by atoms with Gasteiger partial charge in [0, 0.05) is 30.7 Å². The van der Waals surface area contributed by atoms with Gasteiger partial charge in [-0.05, 0) is 43.7 Å². The molecule has 0 bridgehead atoms. The molecule has 0 radical (unpaired) electrons. The van der Waals surface area contributed by atoms with Gasteiger partial charge < -0.3 is 20.1 Å². The van der Waals surface area contributed by atoms with Gasteiger partial charge in [-0.25, -0.2) is 9.97 Å². The van der Waals surface area contributed by atoms with E-state index < -0.39 is 0 Å². The first-order valence-corrected chi connectivity index (χ1v) is 10.0. The molecule has 2 heterocycles. The first kappa shape index (κ1) is 20.6. The summed E-state index contributed by atoms with van der Waals surface area (Å²) in [6, 6.07) is 11.2. The van der Waals surface area contributed by atoms with Gasteiger partial charge in [0.2, 0.25) is 5.88 Å². The highest BCUT2D eigenvalue weighted by Crippen LogP contribution is 2.22. The van der Waals surface area contributed by atoms with Crippen molar-refractivity contribution in [3.8, 4) is 17.4 Å². The molecular formula is C21H25N5O2S. The summed E-state index contributed by atoms with van der Waals surface area (Å²) in [6.07, 6.45) is 1.78. The second-order valence-corrected chi connectivity index (χ2v) is 7.60. The van der Waals surface area contributed by atoms with Crippen LogP contribution in [0.1, 0.15) is 21.1 Å². The average Bonchev–Trinajstić information content (AvgIpc) is 3.07. The number of aromatic nitrogens is 2. The van der Waals surface area contributed by atoms with Crippen LogP contribution >= 0.6 is 11.3 Å². The molecule has 29 heavy (non-hydrogen) atoms. The predicted molar refractivity (Wildman–Crippen MR) is 116 cm³/mol. The monoisotopic (exact) mass is 411 g/mol. The number of rotatable bonds is 7. The molecule has 8 heteroatoms. The maximum absolute atomic E-state index is 5.75. The van der Waals surface area contributed by atoms with Gasteiger partial charge in [0.05, 0.1) is 19.3 Å². The van der Waals surface area contributed by atoms with Crippen LogP contribution in [0.2, 0.25) is 0 Å². The number of hydrogen-bond acceptors (Lipinski definition) is 6. The Balaban J connectivity index is 1.49. The second-order valence-electron chi connectivity index (χ2n) is 6.31. The normalized spacial score (nSPS) is 11.2. The molecule has 3 rings (SSSR count). The van der Waals surface area contributed by atoms with Crippen LogP contribution in [0.3, 0.4) is 0 Å². The van der Waals surface area contributed by atoms with Crippen molar-refractivity contribution in [3.63, 3.8) is 0 Å². The van der Waals surface area contributed by atoms with Crippen LogP contribution in [0.15, 0.2) is 47.6 Å². The highest BCUT2D eigenvalue weighted by atomic mass is 32.1. The molecule has 0 saturated carbocycles. The SMILES string of the molecule is CN=C(NCc1ccc(Oc2ccc(OC)cc2)nc1)NCc1nc(C)c(C)s1. The number of benzene rings is 1. The highest BCUT2D eigenvalue weighted by molar-refractivity contribution is 7.11. The van der Waals surface area contributed by atoms with Crippen molar-refractivity contribution >= 4 is 17.3 Å². The van der Waals surface area contributed by atoms with Crippen molar-refractivity contribution in [3.05, 3.63) is 63.7 Å². The Labute approximate surface area is 174 Å². The van der Waals surface area contributed by atoms with Gasteiger partial charge in [0.15, 0.2) is 5.96 Å². The lowest BCUT2D eigenvalue weighted by atomic mass is 10.3. The van der Waals surface area contributed by atoms with E-state index in [0.717, 1.165) is 22.0 Å². The largest absolute Gasteiger partial charge is 0.497 e. The lowest BCUT2D eigenvalue weighted by Gasteiger charge is -2.11. The maximum Gasteiger partial charge on any atom is 0.219 e. The number of hydrogen-bond donors (Lipinski definition) is 2. The van der Waals surface area contributed by atoms with Crippen LogP contribution in [-0.4, -0.2) is 30.1 Å². The fourth-order valence-electron chi connectivity index (χ4n) is 2.52. The third kappa shape index (κ3) is 5.92. The number of ether oxygens (including phenoxy) is 2. The molecule has 0 spiro atoms. The minimum atomic E-state index is 0.538. The molecule has 2 aromatic heterocycles. The van der Waals surface area contributed by atoms with Crippen LogP contribution < -0.4 is 20.1 Å². The minimum Gasteiger partial charge on any atom is -0.497 e. The minimum absolute atomic E-state index is 0.538. The molecule has 0 aliphatic rings. The Hall–Kier alpha value is -3.13. The first-order valence-electron chi connectivity index (χ1n) is 9.21. The van der Waals surface area contributed by atoms with Gasteiger partial charge in [-0.2, -0.15) is 0 Å². The number of nitrogens with zero attached hydrogens (tertiary/aromatic N) is 3. The number of aliphatic imine (C=N–C) groups is 1. The fourth-order valence-corrected chi connectivity index (χ4v) is 3.39. The Morgan fingerprint density at radius 1 is 1.03 bits per heavy atom. The van der Waals surface area contributed by atoms with Crippen LogP contribution in [0.4, 0.5) is 0 Å². The molecule has 0 aliphatic carbocycles. The first-order chi connectivity index (χ1) is 14.1. The van der Waals surface area contributed by atoms with E-state index in [2.05, 4.69) is 32.5 Å². The average molecular weight is 412 g/mol. The highest BCUT2D eigenvalue weighted by Gasteiger charge is 2.05. The van der Waals surface area contributed by atoms with Gasteiger partial charge >= 0.3 is 0 Å². The Kier molecular flexibility index (Phi) is 7.02. The molecule has 3 aromatic rings. The summed E-state index contributed by atoms with van der Waals surface area (Å²) in [4.78, 5) is 14.4. The van der Waals surface area contributed by atoms with Gasteiger partial charge in [-0.15, -0.1) is 11.3 Å². The Morgan fingerprint density at radius 3 is 2.34 bits per heavy atom. The van der Waals surface area contributed by atoms with E-state index >= 15 is 0 Å². The molecule has 7 nitrogen and oxygen atoms in total. The second kappa shape index (κ2) is 9.88. The lowest BCUT2D eigenvalue weighted by Crippen LogP contribution is -2.36. The lowest BCUT2D eigenvalue weighted by molar-refractivity contribution is 0.412. The summed E-state index contributed by atoms with van der Waals surface area (Å²) >= 11 is 1.70. The summed E-state index contributed by atoms with van der Waals surface area (Å²) < 4.78 is 10.9. The standard InChI is InChI=1S/C21H25N5O2S/c1-14-15(2)29-20(26-14)13-25-21(22-3)24-12-16-5-10-19(23-11-16)28-18-8-6-17(27-4)7-9-18/h5-11H,12-13H2,1-4H3,(H2,22,24,25). The topological polar surface area (TPSA) is 80.7 Å². The summed E-state index contributed by atoms with van der Waals surface area (Å²) in [5.41, 5.74) is 2.11. The summed E-state index contributed by atoms with van der Waals surface area (Å²) in [5.74, 6) is 2.75. The van der Waals surface area contributed by atoms with E-state index in [-0.39, 0.29) is 0 Å². The number of guanidine groups is 1. The van der Waals surface area contributed by atoms with Crippen LogP contribution in [0, 0.1) is 13.8 Å². The summed E-state index contributed by atoms with van der Waals surface area (Å²) in [6.45, 7) is 5.35. The number of aryl methyl sites for hydroxylation is 2. The van der Waals surface area contributed by atoms with E-state index in [1.807, 2.05) is 43.3 Å². The van der Waals surface area contributed by atoms with E-state index in [0.29, 0.717) is 30.7 Å². The van der Waals surface area contributed by atoms with Crippen LogP contribution in [0.25, 0.3) is 0 Å². The van der Waals surface area contributed by atoms with Crippen molar-refractivity contribution in [1.82, 2.24) is 20.6 Å². The molecular weight excluding hydrogens is 386 g/mol. The molecule has 0 fully saturated rings. The summed E-state index contributed by atoms with van der Waals surface area (Å²) in [5, 5.41) is 7.61. The molecule has 0 saturated heterocycles. The van der Waals surface area contributed by atoms with Gasteiger partial charge in [0.25, 0.3) is 0 Å². The van der Waals surface area contributed by atoms with Gasteiger partial charge in [-0.1, -0.05) is 6.07 Å². The smallest absolute Gasteiger partial charge is 0.219 e. The van der Waals surface area contributed by atoms with E-state index in [4.69, 9.17) is 9.47 Å². The van der Waals surface area contributed by atoms with Crippen LogP contribution in [-0.2, 0) is 13.1 Å². The van der Waals surface area contributed by atoms with Gasteiger partial charge in [0.1, 0.15) is 16.5 Å². The van der Waals surface area contributed by atoms with Crippen molar-refractivity contribution in [2.24, 2.45) is 4.99 Å². The zero-order valence-corrected chi connectivity index (χ0v) is 17.8. The molecule has 2 N–H and O–H groups in total. The number of nitrogens with one attached hydrogen (secondary N) is 2. The van der Waals surface area contributed by atoms with Crippen molar-refractivity contribution < 1.29 is 9.47 Å². The maximum atomic E-state index is 5.75.